The van der Waals surface area contributed by atoms with Gasteiger partial charge in [0.25, 0.3) is 0 Å². The van der Waals surface area contributed by atoms with Gasteiger partial charge in [0.1, 0.15) is 0 Å². The molecule has 4 nitrogen and oxygen atoms in total. The Hall–Kier alpha value is -3.15. The highest BCUT2D eigenvalue weighted by Crippen LogP contribution is 2.43. The lowest BCUT2D eigenvalue weighted by Crippen LogP contribution is -2.36. The third kappa shape index (κ3) is 6.46. The van der Waals surface area contributed by atoms with Crippen molar-refractivity contribution < 1.29 is 4.79 Å². The topological polar surface area (TPSA) is 59.2 Å². The molecule has 0 bridgehead atoms. The van der Waals surface area contributed by atoms with Crippen LogP contribution in [0.25, 0.3) is 0 Å². The lowest BCUT2D eigenvalue weighted by molar-refractivity contribution is -0.133. The Bertz CT molecular complexity index is 1260. The number of carbonyl (C=O) groups excluding carboxylic acids is 1. The van der Waals surface area contributed by atoms with Crippen molar-refractivity contribution in [2.24, 2.45) is 17.6 Å². The molecule has 5 rings (SSSR count). The van der Waals surface area contributed by atoms with E-state index in [9.17, 15) is 4.79 Å². The Morgan fingerprint density at radius 3 is 2.89 bits per heavy atom. The molecule has 0 radical (unpaired) electrons. The van der Waals surface area contributed by atoms with Crippen molar-refractivity contribution in [3.8, 4) is 0 Å². The number of allylic oxidation sites excluding steroid dienone is 11. The highest BCUT2D eigenvalue weighted by atomic mass is 32.2. The molecule has 1 aromatic rings. The van der Waals surface area contributed by atoms with Gasteiger partial charge in [-0.3, -0.25) is 9.78 Å². The number of nitrogens with two attached hydrogens (primary N) is 1. The standard InChI is InChI=1S/C33H37N3OS/c1-24(38-32-14-7-11-27-10-3-2-4-12-29(27)32)26-15-17-28(18-16-26)33(37)36-21-8-9-25(19-22-36)23-30(34)31-13-5-6-20-35-31/h2-3,5-7,9-11,13-17,20,28-30H,1,4,8,12,18-19,21-23,34H2. The predicted octanol–water partition coefficient (Wildman–Crippen LogP) is 7.12. The summed E-state index contributed by atoms with van der Waals surface area (Å²) >= 11 is 1.78. The highest BCUT2D eigenvalue weighted by molar-refractivity contribution is 8.07. The molecule has 3 atom stereocenters. The molecule has 2 heterocycles. The van der Waals surface area contributed by atoms with E-state index < -0.39 is 0 Å². The molecule has 0 saturated carbocycles. The molecule has 1 aromatic heterocycles. The molecule has 3 aliphatic carbocycles. The fourth-order valence-corrected chi connectivity index (χ4v) is 6.62. The fourth-order valence-electron chi connectivity index (χ4n) is 5.53. The van der Waals surface area contributed by atoms with E-state index in [4.69, 9.17) is 5.73 Å². The van der Waals surface area contributed by atoms with Crippen LogP contribution < -0.4 is 5.73 Å². The molecule has 38 heavy (non-hydrogen) atoms. The van der Waals surface area contributed by atoms with Gasteiger partial charge in [-0.2, -0.15) is 0 Å². The number of nitrogens with zero attached hydrogens (tertiary/aromatic N) is 2. The van der Waals surface area contributed by atoms with E-state index in [-0.39, 0.29) is 17.9 Å². The minimum absolute atomic E-state index is 0.104. The Morgan fingerprint density at radius 1 is 1.16 bits per heavy atom. The molecule has 1 amide bonds. The summed E-state index contributed by atoms with van der Waals surface area (Å²) in [4.78, 5) is 22.2. The van der Waals surface area contributed by atoms with E-state index in [1.54, 1.807) is 18.0 Å². The largest absolute Gasteiger partial charge is 0.342 e. The highest BCUT2D eigenvalue weighted by Gasteiger charge is 2.26. The Morgan fingerprint density at radius 2 is 2.08 bits per heavy atom. The van der Waals surface area contributed by atoms with Crippen molar-refractivity contribution in [3.05, 3.63) is 124 Å². The molecule has 4 aliphatic rings. The maximum Gasteiger partial charge on any atom is 0.229 e. The second-order valence-electron chi connectivity index (χ2n) is 10.3. The molecule has 2 N–H and O–H groups in total. The van der Waals surface area contributed by atoms with Gasteiger partial charge in [0.05, 0.1) is 17.7 Å². The summed E-state index contributed by atoms with van der Waals surface area (Å²) in [6.45, 7) is 5.90. The van der Waals surface area contributed by atoms with Crippen LogP contribution in [-0.2, 0) is 4.79 Å². The van der Waals surface area contributed by atoms with Crippen molar-refractivity contribution in [3.63, 3.8) is 0 Å². The van der Waals surface area contributed by atoms with Gasteiger partial charge in [0.15, 0.2) is 0 Å². The van der Waals surface area contributed by atoms with Crippen LogP contribution in [0.2, 0.25) is 0 Å². The van der Waals surface area contributed by atoms with Crippen LogP contribution in [-0.4, -0.2) is 28.9 Å². The van der Waals surface area contributed by atoms with Crippen LogP contribution in [0, 0.1) is 11.8 Å². The first-order chi connectivity index (χ1) is 18.6. The third-order valence-electron chi connectivity index (χ3n) is 7.72. The van der Waals surface area contributed by atoms with Gasteiger partial charge in [-0.05, 0) is 66.7 Å². The van der Waals surface area contributed by atoms with Gasteiger partial charge in [-0.25, -0.2) is 0 Å². The average Bonchev–Trinajstić information content (AvgIpc) is 3.34. The van der Waals surface area contributed by atoms with Crippen molar-refractivity contribution in [2.75, 3.05) is 13.1 Å². The van der Waals surface area contributed by atoms with E-state index >= 15 is 0 Å². The number of hydrogen-bond donors (Lipinski definition) is 1. The minimum Gasteiger partial charge on any atom is -0.342 e. The van der Waals surface area contributed by atoms with Gasteiger partial charge in [0, 0.05) is 30.1 Å². The number of fused-ring (bicyclic) bond motifs is 1. The normalized spacial score (nSPS) is 23.8. The quantitative estimate of drug-likeness (QED) is 0.387. The van der Waals surface area contributed by atoms with Gasteiger partial charge < -0.3 is 10.6 Å². The van der Waals surface area contributed by atoms with Gasteiger partial charge in [-0.15, -0.1) is 0 Å². The summed E-state index contributed by atoms with van der Waals surface area (Å²) in [6, 6.07) is 5.76. The summed E-state index contributed by atoms with van der Waals surface area (Å²) in [5, 5.41) is 0. The lowest BCUT2D eigenvalue weighted by Gasteiger charge is -2.27. The van der Waals surface area contributed by atoms with Crippen molar-refractivity contribution >= 4 is 17.7 Å². The number of rotatable bonds is 7. The number of pyridine rings is 1. The van der Waals surface area contributed by atoms with E-state index in [0.717, 1.165) is 67.8 Å². The summed E-state index contributed by atoms with van der Waals surface area (Å²) < 4.78 is 0. The van der Waals surface area contributed by atoms with Crippen LogP contribution in [0.3, 0.4) is 0 Å². The third-order valence-corrected chi connectivity index (χ3v) is 8.86. The summed E-state index contributed by atoms with van der Waals surface area (Å²) in [5.74, 6) is 0.562. The average molecular weight is 524 g/mol. The summed E-state index contributed by atoms with van der Waals surface area (Å²) in [6.07, 6.45) is 29.2. The van der Waals surface area contributed by atoms with Gasteiger partial charge in [0.2, 0.25) is 5.91 Å². The lowest BCUT2D eigenvalue weighted by atomic mass is 9.91. The molecule has 1 aliphatic heterocycles. The molecule has 3 unspecified atom stereocenters. The van der Waals surface area contributed by atoms with Crippen molar-refractivity contribution in [1.82, 2.24) is 9.88 Å². The summed E-state index contributed by atoms with van der Waals surface area (Å²) in [5.41, 5.74) is 11.2. The van der Waals surface area contributed by atoms with Crippen LogP contribution in [0.15, 0.2) is 118 Å². The number of thioether (sulfide) groups is 1. The second kappa shape index (κ2) is 12.6. The SMILES string of the molecule is C=C(SC1=CC=CC2=CC=CCCC21)C1=CCC(C(=O)N2CCC=C(CC(N)c3ccccn3)CC2)C=C1. The zero-order valence-corrected chi connectivity index (χ0v) is 22.8. The predicted molar refractivity (Wildman–Crippen MR) is 159 cm³/mol. The Kier molecular flexibility index (Phi) is 8.77. The smallest absolute Gasteiger partial charge is 0.229 e. The zero-order chi connectivity index (χ0) is 26.3. The van der Waals surface area contributed by atoms with E-state index in [2.05, 4.69) is 72.3 Å². The monoisotopic (exact) mass is 523 g/mol. The van der Waals surface area contributed by atoms with Gasteiger partial charge >= 0.3 is 0 Å². The van der Waals surface area contributed by atoms with Crippen LogP contribution in [0.5, 0.6) is 0 Å². The molecule has 5 heteroatoms. The molecule has 196 valence electrons. The van der Waals surface area contributed by atoms with Crippen LogP contribution in [0.4, 0.5) is 0 Å². The van der Waals surface area contributed by atoms with Crippen molar-refractivity contribution in [2.45, 2.75) is 44.6 Å². The van der Waals surface area contributed by atoms with Crippen LogP contribution in [0.1, 0.15) is 50.3 Å². The molecule has 0 saturated heterocycles. The first-order valence-corrected chi connectivity index (χ1v) is 14.5. The van der Waals surface area contributed by atoms with Crippen molar-refractivity contribution in [1.29, 1.82) is 0 Å². The fraction of sp³-hybridized carbons (Fsp3) is 0.333. The summed E-state index contributed by atoms with van der Waals surface area (Å²) in [7, 11) is 0. The molecular weight excluding hydrogens is 486 g/mol. The van der Waals surface area contributed by atoms with E-state index in [0.29, 0.717) is 5.92 Å². The first-order valence-electron chi connectivity index (χ1n) is 13.7. The number of aromatic nitrogens is 1. The maximum absolute atomic E-state index is 13.4. The van der Waals surface area contributed by atoms with Gasteiger partial charge in [-0.1, -0.05) is 90.7 Å². The molecule has 0 spiro atoms. The molecule has 0 fully saturated rings. The molecular formula is C33H37N3OS. The Balaban J connectivity index is 1.12. The molecule has 0 aromatic carbocycles. The minimum atomic E-state index is -0.109. The number of hydrogen-bond acceptors (Lipinski definition) is 4. The number of carbonyl (C=O) groups is 1. The zero-order valence-electron chi connectivity index (χ0n) is 22.0. The maximum atomic E-state index is 13.4. The number of amides is 1. The van der Waals surface area contributed by atoms with Crippen LogP contribution >= 0.6 is 11.8 Å². The Labute approximate surface area is 231 Å². The van der Waals surface area contributed by atoms with E-state index in [1.165, 1.54) is 16.1 Å². The van der Waals surface area contributed by atoms with E-state index in [1.807, 2.05) is 23.1 Å². The first kappa shape index (κ1) is 26.5. The second-order valence-corrected chi connectivity index (χ2v) is 11.5.